The number of nitrogens with one attached hydrogen (secondary N) is 1. The Balaban J connectivity index is 0.00000162. The van der Waals surface area contributed by atoms with Crippen LogP contribution in [0.4, 0.5) is 0 Å². The molecule has 0 radical (unpaired) electrons. The second-order valence-corrected chi connectivity index (χ2v) is 5.16. The van der Waals surface area contributed by atoms with Crippen molar-refractivity contribution in [3.63, 3.8) is 0 Å². The van der Waals surface area contributed by atoms with E-state index in [1.54, 1.807) is 0 Å². The summed E-state index contributed by atoms with van der Waals surface area (Å²) in [6.45, 7) is 4.42. The first-order valence-corrected chi connectivity index (χ1v) is 6.58. The summed E-state index contributed by atoms with van der Waals surface area (Å²) in [7, 11) is 2.11. The molecule has 1 atom stereocenters. The maximum Gasteiger partial charge on any atom is 0.188 e. The lowest BCUT2D eigenvalue weighted by Crippen LogP contribution is -2.47. The third kappa shape index (κ3) is 5.27. The first kappa shape index (κ1) is 16.0. The summed E-state index contributed by atoms with van der Waals surface area (Å²) >= 11 is 0. The van der Waals surface area contributed by atoms with E-state index < -0.39 is 0 Å². The molecule has 0 spiro atoms. The fourth-order valence-corrected chi connectivity index (χ4v) is 2.17. The van der Waals surface area contributed by atoms with Gasteiger partial charge >= 0.3 is 0 Å². The van der Waals surface area contributed by atoms with Gasteiger partial charge in [0, 0.05) is 26.2 Å². The molecule has 1 aliphatic heterocycles. The van der Waals surface area contributed by atoms with Gasteiger partial charge in [-0.25, -0.2) is 0 Å². The van der Waals surface area contributed by atoms with Crippen molar-refractivity contribution in [2.75, 3.05) is 39.8 Å². The fourth-order valence-electron chi connectivity index (χ4n) is 2.17. The summed E-state index contributed by atoms with van der Waals surface area (Å²) in [5.41, 5.74) is 5.82. The molecule has 1 unspecified atom stereocenters. The normalized spacial score (nSPS) is 26.3. The molecule has 6 heteroatoms. The van der Waals surface area contributed by atoms with E-state index in [1.165, 1.54) is 19.3 Å². The molecule has 1 saturated carbocycles. The van der Waals surface area contributed by atoms with Crippen molar-refractivity contribution in [2.24, 2.45) is 16.6 Å². The van der Waals surface area contributed by atoms with Crippen LogP contribution in [-0.4, -0.2) is 56.8 Å². The van der Waals surface area contributed by atoms with Gasteiger partial charge in [-0.15, -0.1) is 24.0 Å². The van der Waals surface area contributed by atoms with Crippen LogP contribution in [0.3, 0.4) is 0 Å². The largest absolute Gasteiger partial charge is 0.374 e. The van der Waals surface area contributed by atoms with Gasteiger partial charge in [-0.1, -0.05) is 6.42 Å². The molecule has 1 heterocycles. The van der Waals surface area contributed by atoms with Gasteiger partial charge in [0.15, 0.2) is 5.96 Å². The quantitative estimate of drug-likeness (QED) is 0.434. The zero-order valence-corrected chi connectivity index (χ0v) is 13.4. The lowest BCUT2D eigenvalue weighted by atomic mass is 9.86. The molecule has 0 amide bonds. The highest BCUT2D eigenvalue weighted by molar-refractivity contribution is 14.0. The maximum atomic E-state index is 5.82. The van der Waals surface area contributed by atoms with E-state index in [9.17, 15) is 0 Å². The second kappa shape index (κ2) is 8.16. The number of halogens is 1. The molecule has 1 aliphatic carbocycles. The van der Waals surface area contributed by atoms with Crippen LogP contribution in [0.25, 0.3) is 0 Å². The Morgan fingerprint density at radius 1 is 1.50 bits per heavy atom. The van der Waals surface area contributed by atoms with Gasteiger partial charge in [-0.3, -0.25) is 4.99 Å². The number of morpholine rings is 1. The third-order valence-corrected chi connectivity index (χ3v) is 3.60. The lowest BCUT2D eigenvalue weighted by molar-refractivity contribution is -0.0160. The second-order valence-electron chi connectivity index (χ2n) is 5.16. The first-order chi connectivity index (χ1) is 8.24. The van der Waals surface area contributed by atoms with E-state index in [1.807, 2.05) is 0 Å². The molecule has 5 nitrogen and oxygen atoms in total. The molecule has 0 aromatic rings. The number of likely N-dealkylation sites (N-methyl/N-ethyl adjacent to an activating group) is 1. The Kier molecular flexibility index (Phi) is 7.25. The minimum Gasteiger partial charge on any atom is -0.374 e. The lowest BCUT2D eigenvalue weighted by Gasteiger charge is -2.30. The average molecular weight is 368 g/mol. The zero-order chi connectivity index (χ0) is 12.1. The standard InChI is InChI=1S/C12H24N4O.HI/c1-16-5-6-17-11(9-16)8-15-12(13)14-7-10-3-2-4-10;/h10-11H,2-9H2,1H3,(H3,13,14,15);1H. The van der Waals surface area contributed by atoms with Crippen molar-refractivity contribution in [3.8, 4) is 0 Å². The molecule has 1 saturated heterocycles. The average Bonchev–Trinajstić information content (AvgIpc) is 2.24. The van der Waals surface area contributed by atoms with Gasteiger partial charge in [-0.05, 0) is 25.8 Å². The highest BCUT2D eigenvalue weighted by Gasteiger charge is 2.18. The number of rotatable bonds is 4. The van der Waals surface area contributed by atoms with E-state index in [0.29, 0.717) is 5.96 Å². The van der Waals surface area contributed by atoms with Crippen LogP contribution in [0.1, 0.15) is 19.3 Å². The summed E-state index contributed by atoms with van der Waals surface area (Å²) in [4.78, 5) is 6.64. The van der Waals surface area contributed by atoms with Crippen molar-refractivity contribution >= 4 is 29.9 Å². The van der Waals surface area contributed by atoms with Crippen LogP contribution in [-0.2, 0) is 4.74 Å². The van der Waals surface area contributed by atoms with Crippen LogP contribution in [0.15, 0.2) is 4.99 Å². The molecule has 0 bridgehead atoms. The summed E-state index contributed by atoms with van der Waals surface area (Å²) in [5, 5.41) is 3.15. The van der Waals surface area contributed by atoms with Crippen LogP contribution < -0.4 is 11.1 Å². The van der Waals surface area contributed by atoms with E-state index in [-0.39, 0.29) is 30.1 Å². The molecule has 3 N–H and O–H groups in total. The summed E-state index contributed by atoms with van der Waals surface area (Å²) in [6, 6.07) is 0. The zero-order valence-electron chi connectivity index (χ0n) is 11.1. The SMILES string of the molecule is CN1CCOC(CNC(N)=NCC2CCC2)C1.I. The third-order valence-electron chi connectivity index (χ3n) is 3.60. The van der Waals surface area contributed by atoms with E-state index in [2.05, 4.69) is 22.3 Å². The van der Waals surface area contributed by atoms with Crippen molar-refractivity contribution in [3.05, 3.63) is 0 Å². The molecular weight excluding hydrogens is 343 g/mol. The number of hydrogen-bond donors (Lipinski definition) is 2. The molecule has 2 rings (SSSR count). The molecule has 2 fully saturated rings. The van der Waals surface area contributed by atoms with E-state index >= 15 is 0 Å². The smallest absolute Gasteiger partial charge is 0.188 e. The Morgan fingerprint density at radius 2 is 2.28 bits per heavy atom. The Bertz CT molecular complexity index is 271. The predicted molar refractivity (Wildman–Crippen MR) is 84.5 cm³/mol. The number of hydrogen-bond acceptors (Lipinski definition) is 3. The van der Waals surface area contributed by atoms with Gasteiger partial charge in [0.2, 0.25) is 0 Å². The predicted octanol–water partition coefficient (Wildman–Crippen LogP) is 0.639. The topological polar surface area (TPSA) is 62.9 Å². The minimum atomic E-state index is 0. The molecule has 0 aromatic heterocycles. The highest BCUT2D eigenvalue weighted by atomic mass is 127. The van der Waals surface area contributed by atoms with Gasteiger partial charge in [0.05, 0.1) is 12.7 Å². The number of guanidine groups is 1. The van der Waals surface area contributed by atoms with E-state index in [0.717, 1.165) is 38.7 Å². The first-order valence-electron chi connectivity index (χ1n) is 6.58. The van der Waals surface area contributed by atoms with Gasteiger partial charge in [-0.2, -0.15) is 0 Å². The summed E-state index contributed by atoms with van der Waals surface area (Å²) < 4.78 is 5.64. The number of nitrogens with two attached hydrogens (primary N) is 1. The van der Waals surface area contributed by atoms with Crippen molar-refractivity contribution in [1.29, 1.82) is 0 Å². The van der Waals surface area contributed by atoms with Crippen molar-refractivity contribution in [2.45, 2.75) is 25.4 Å². The minimum absolute atomic E-state index is 0. The number of nitrogens with zero attached hydrogens (tertiary/aromatic N) is 2. The Morgan fingerprint density at radius 3 is 2.89 bits per heavy atom. The summed E-state index contributed by atoms with van der Waals surface area (Å²) in [6.07, 6.45) is 4.21. The van der Waals surface area contributed by atoms with Crippen LogP contribution in [0.5, 0.6) is 0 Å². The Hall–Kier alpha value is -0.0800. The highest BCUT2D eigenvalue weighted by Crippen LogP contribution is 2.26. The monoisotopic (exact) mass is 368 g/mol. The fraction of sp³-hybridized carbons (Fsp3) is 0.917. The van der Waals surface area contributed by atoms with E-state index in [4.69, 9.17) is 10.5 Å². The van der Waals surface area contributed by atoms with Gasteiger partial charge in [0.25, 0.3) is 0 Å². The van der Waals surface area contributed by atoms with Crippen molar-refractivity contribution in [1.82, 2.24) is 10.2 Å². The van der Waals surface area contributed by atoms with Crippen LogP contribution >= 0.6 is 24.0 Å². The molecule has 18 heavy (non-hydrogen) atoms. The molecule has 106 valence electrons. The van der Waals surface area contributed by atoms with Gasteiger partial charge < -0.3 is 20.7 Å². The van der Waals surface area contributed by atoms with Crippen LogP contribution in [0.2, 0.25) is 0 Å². The Labute approximate surface area is 127 Å². The number of aliphatic imine (C=N–C) groups is 1. The summed E-state index contributed by atoms with van der Waals surface area (Å²) in [5.74, 6) is 1.33. The van der Waals surface area contributed by atoms with Gasteiger partial charge in [0.1, 0.15) is 0 Å². The maximum absolute atomic E-state index is 5.82. The number of ether oxygens (including phenoxy) is 1. The molecular formula is C12H25IN4O. The molecule has 2 aliphatic rings. The molecule has 0 aromatic carbocycles. The van der Waals surface area contributed by atoms with Crippen molar-refractivity contribution < 1.29 is 4.74 Å². The van der Waals surface area contributed by atoms with Crippen LogP contribution in [0, 0.1) is 5.92 Å².